The van der Waals surface area contributed by atoms with E-state index in [1.807, 2.05) is 18.2 Å². The molecule has 3 heteroatoms. The Morgan fingerprint density at radius 2 is 1.90 bits per heavy atom. The molecule has 0 aliphatic rings. The summed E-state index contributed by atoms with van der Waals surface area (Å²) >= 11 is 0. The molecule has 1 aromatic carbocycles. The van der Waals surface area contributed by atoms with Crippen molar-refractivity contribution < 1.29 is 0 Å². The number of hydrogen-bond donors (Lipinski definition) is 1. The highest BCUT2D eigenvalue weighted by molar-refractivity contribution is 5.25. The number of rotatable bonds is 6. The zero-order chi connectivity index (χ0) is 15.1. The van der Waals surface area contributed by atoms with Gasteiger partial charge in [0.05, 0.1) is 0 Å². The third-order valence-corrected chi connectivity index (χ3v) is 3.59. The van der Waals surface area contributed by atoms with Crippen molar-refractivity contribution >= 4 is 0 Å². The monoisotopic (exact) mass is 279 g/mol. The highest BCUT2D eigenvalue weighted by Gasteiger charge is 2.16. The van der Waals surface area contributed by atoms with E-state index in [-0.39, 0.29) is 5.54 Å². The van der Waals surface area contributed by atoms with Gasteiger partial charge in [0.2, 0.25) is 0 Å². The Labute approximate surface area is 126 Å². The first-order chi connectivity index (χ1) is 10.1. The first-order valence-corrected chi connectivity index (χ1v) is 7.23. The molecule has 1 aromatic heterocycles. The molecule has 1 N–H and O–H groups in total. The Morgan fingerprint density at radius 1 is 1.14 bits per heavy atom. The quantitative estimate of drug-likeness (QED) is 0.881. The van der Waals surface area contributed by atoms with Crippen LogP contribution in [0.4, 0.5) is 0 Å². The molecule has 0 radical (unpaired) electrons. The third kappa shape index (κ3) is 5.02. The van der Waals surface area contributed by atoms with Crippen LogP contribution in [-0.4, -0.2) is 10.5 Å². The lowest BCUT2D eigenvalue weighted by Crippen LogP contribution is -2.39. The topological polar surface area (TPSA) is 48.7 Å². The molecular formula is C18H21N3. The van der Waals surface area contributed by atoms with Gasteiger partial charge in [-0.05, 0) is 49.9 Å². The number of aryl methyl sites for hydroxylation is 1. The number of nitrogens with zero attached hydrogens (tertiary/aromatic N) is 2. The van der Waals surface area contributed by atoms with Gasteiger partial charge in [0, 0.05) is 18.3 Å². The number of nitrogens with one attached hydrogen (secondary N) is 1. The van der Waals surface area contributed by atoms with Crippen molar-refractivity contribution in [1.29, 1.82) is 5.26 Å². The lowest BCUT2D eigenvalue weighted by atomic mass is 9.95. The molecule has 108 valence electrons. The molecule has 0 aliphatic heterocycles. The summed E-state index contributed by atoms with van der Waals surface area (Å²) < 4.78 is 0. The minimum absolute atomic E-state index is 0.0475. The summed E-state index contributed by atoms with van der Waals surface area (Å²) in [5.41, 5.74) is 2.97. The van der Waals surface area contributed by atoms with Crippen LogP contribution in [0.15, 0.2) is 48.7 Å². The predicted octanol–water partition coefficient (Wildman–Crippen LogP) is 3.45. The molecule has 0 amide bonds. The van der Waals surface area contributed by atoms with Crippen LogP contribution in [0.25, 0.3) is 0 Å². The first kappa shape index (κ1) is 15.2. The maximum Gasteiger partial charge on any atom is 0.140 e. The van der Waals surface area contributed by atoms with Crippen LogP contribution < -0.4 is 5.32 Å². The van der Waals surface area contributed by atoms with Crippen LogP contribution in [0, 0.1) is 11.3 Å². The third-order valence-electron chi connectivity index (χ3n) is 3.59. The van der Waals surface area contributed by atoms with Gasteiger partial charge >= 0.3 is 0 Å². The Bertz CT molecular complexity index is 612. The van der Waals surface area contributed by atoms with E-state index in [9.17, 15) is 0 Å². The van der Waals surface area contributed by atoms with Crippen molar-refractivity contribution in [3.63, 3.8) is 0 Å². The van der Waals surface area contributed by atoms with Gasteiger partial charge in [-0.15, -0.1) is 0 Å². The van der Waals surface area contributed by atoms with Gasteiger partial charge in [0.15, 0.2) is 0 Å². The molecule has 0 fully saturated rings. The Hall–Kier alpha value is -2.18. The summed E-state index contributed by atoms with van der Waals surface area (Å²) in [7, 11) is 0. The molecule has 2 rings (SSSR count). The molecule has 0 bridgehead atoms. The number of aromatic nitrogens is 1. The largest absolute Gasteiger partial charge is 0.308 e. The SMILES string of the molecule is CC(C)(CCc1ccccc1)NCc1ccnc(C#N)c1. The van der Waals surface area contributed by atoms with Gasteiger partial charge in [0.1, 0.15) is 11.8 Å². The number of hydrogen-bond acceptors (Lipinski definition) is 3. The molecule has 1 heterocycles. The Kier molecular flexibility index (Phi) is 5.08. The van der Waals surface area contributed by atoms with Crippen molar-refractivity contribution in [3.8, 4) is 6.07 Å². The molecule has 0 spiro atoms. The van der Waals surface area contributed by atoms with Gasteiger partial charge in [-0.3, -0.25) is 0 Å². The molecule has 0 aliphatic carbocycles. The molecule has 0 saturated heterocycles. The summed E-state index contributed by atoms with van der Waals surface area (Å²) in [5, 5.41) is 12.4. The summed E-state index contributed by atoms with van der Waals surface area (Å²) in [6.45, 7) is 5.17. The standard InChI is InChI=1S/C18H21N3/c1-18(2,10-8-15-6-4-3-5-7-15)21-14-16-9-11-20-17(12-16)13-19/h3-7,9,11-12,21H,8,10,14H2,1-2H3. The highest BCUT2D eigenvalue weighted by Crippen LogP contribution is 2.14. The fourth-order valence-electron chi connectivity index (χ4n) is 2.18. The number of benzene rings is 1. The summed E-state index contributed by atoms with van der Waals surface area (Å²) in [6, 6.07) is 16.4. The molecule has 2 aromatic rings. The lowest BCUT2D eigenvalue weighted by molar-refractivity contribution is 0.360. The van der Waals surface area contributed by atoms with Crippen molar-refractivity contribution in [2.75, 3.05) is 0 Å². The van der Waals surface area contributed by atoms with Crippen LogP contribution in [0.3, 0.4) is 0 Å². The van der Waals surface area contributed by atoms with Crippen LogP contribution in [0.2, 0.25) is 0 Å². The summed E-state index contributed by atoms with van der Waals surface area (Å²) in [4.78, 5) is 3.99. The van der Waals surface area contributed by atoms with Gasteiger partial charge in [-0.25, -0.2) is 4.98 Å². The molecule has 0 saturated carbocycles. The first-order valence-electron chi connectivity index (χ1n) is 7.23. The molecule has 21 heavy (non-hydrogen) atoms. The van der Waals surface area contributed by atoms with Gasteiger partial charge in [0.25, 0.3) is 0 Å². The number of nitriles is 1. The normalized spacial score (nSPS) is 11.1. The zero-order valence-electron chi connectivity index (χ0n) is 12.6. The van der Waals surface area contributed by atoms with E-state index in [0.29, 0.717) is 5.69 Å². The molecule has 0 unspecified atom stereocenters. The maximum absolute atomic E-state index is 8.87. The van der Waals surface area contributed by atoms with E-state index in [0.717, 1.165) is 24.9 Å². The predicted molar refractivity (Wildman–Crippen MR) is 84.6 cm³/mol. The van der Waals surface area contributed by atoms with Crippen LogP contribution in [0.5, 0.6) is 0 Å². The van der Waals surface area contributed by atoms with Crippen molar-refractivity contribution in [2.24, 2.45) is 0 Å². The smallest absolute Gasteiger partial charge is 0.140 e. The van der Waals surface area contributed by atoms with E-state index in [2.05, 4.69) is 54.5 Å². The van der Waals surface area contributed by atoms with Crippen LogP contribution in [0.1, 0.15) is 37.1 Å². The summed E-state index contributed by atoms with van der Waals surface area (Å²) in [5.74, 6) is 0. The Morgan fingerprint density at radius 3 is 2.62 bits per heavy atom. The molecule has 0 atom stereocenters. The maximum atomic E-state index is 8.87. The van der Waals surface area contributed by atoms with Crippen molar-refractivity contribution in [1.82, 2.24) is 10.3 Å². The van der Waals surface area contributed by atoms with Gasteiger partial charge in [-0.1, -0.05) is 30.3 Å². The average Bonchev–Trinajstić information content (AvgIpc) is 2.52. The summed E-state index contributed by atoms with van der Waals surface area (Å²) in [6.07, 6.45) is 3.81. The highest BCUT2D eigenvalue weighted by atomic mass is 14.9. The van der Waals surface area contributed by atoms with Crippen molar-refractivity contribution in [2.45, 2.75) is 38.8 Å². The van der Waals surface area contributed by atoms with Crippen LogP contribution in [-0.2, 0) is 13.0 Å². The molecular weight excluding hydrogens is 258 g/mol. The van der Waals surface area contributed by atoms with Gasteiger partial charge < -0.3 is 5.32 Å². The number of pyridine rings is 1. The van der Waals surface area contributed by atoms with E-state index < -0.39 is 0 Å². The van der Waals surface area contributed by atoms with E-state index >= 15 is 0 Å². The van der Waals surface area contributed by atoms with E-state index in [1.165, 1.54) is 5.56 Å². The second kappa shape index (κ2) is 7.01. The Balaban J connectivity index is 1.87. The second-order valence-electron chi connectivity index (χ2n) is 5.88. The average molecular weight is 279 g/mol. The lowest BCUT2D eigenvalue weighted by Gasteiger charge is -2.26. The van der Waals surface area contributed by atoms with Gasteiger partial charge in [-0.2, -0.15) is 5.26 Å². The fourth-order valence-corrected chi connectivity index (χ4v) is 2.18. The van der Waals surface area contributed by atoms with E-state index in [4.69, 9.17) is 5.26 Å². The van der Waals surface area contributed by atoms with E-state index in [1.54, 1.807) is 6.20 Å². The van der Waals surface area contributed by atoms with Crippen molar-refractivity contribution in [3.05, 3.63) is 65.5 Å². The van der Waals surface area contributed by atoms with Crippen LogP contribution >= 0.6 is 0 Å². The minimum atomic E-state index is 0.0475. The second-order valence-corrected chi connectivity index (χ2v) is 5.88. The zero-order valence-corrected chi connectivity index (χ0v) is 12.6. The molecule has 3 nitrogen and oxygen atoms in total. The minimum Gasteiger partial charge on any atom is -0.308 e. The fraction of sp³-hybridized carbons (Fsp3) is 0.333.